The maximum atomic E-state index is 11.8. The molecule has 104 valence electrons. The quantitative estimate of drug-likeness (QED) is 0.631. The molecule has 0 radical (unpaired) electrons. The van der Waals surface area contributed by atoms with Gasteiger partial charge in [0.1, 0.15) is 6.04 Å². The Kier molecular flexibility index (Phi) is 4.86. The molecular formula is C13H19N3O3. The molecule has 0 aliphatic carbocycles. The van der Waals surface area contributed by atoms with E-state index in [1.54, 1.807) is 26.0 Å². The lowest BCUT2D eigenvalue weighted by Gasteiger charge is -2.18. The van der Waals surface area contributed by atoms with Gasteiger partial charge >= 0.3 is 0 Å². The molecule has 0 saturated carbocycles. The van der Waals surface area contributed by atoms with Gasteiger partial charge in [-0.15, -0.1) is 0 Å². The van der Waals surface area contributed by atoms with Crippen molar-refractivity contribution >= 4 is 17.3 Å². The number of nitrogens with zero attached hydrogens (tertiary/aromatic N) is 1. The fourth-order valence-corrected chi connectivity index (χ4v) is 1.69. The van der Waals surface area contributed by atoms with E-state index in [0.29, 0.717) is 11.3 Å². The van der Waals surface area contributed by atoms with Crippen LogP contribution in [0.1, 0.15) is 26.3 Å². The smallest absolute Gasteiger partial charge is 0.274 e. The normalized spacial score (nSPS) is 12.1. The number of rotatable bonds is 5. The summed E-state index contributed by atoms with van der Waals surface area (Å²) in [6.45, 7) is 7.13. The van der Waals surface area contributed by atoms with Gasteiger partial charge in [-0.25, -0.2) is 0 Å². The Morgan fingerprint density at radius 1 is 1.32 bits per heavy atom. The minimum Gasteiger partial charge on any atom is -0.373 e. The molecule has 1 amide bonds. The number of benzene rings is 1. The molecule has 1 aromatic carbocycles. The first kappa shape index (κ1) is 14.9. The zero-order chi connectivity index (χ0) is 14.6. The van der Waals surface area contributed by atoms with Crippen LogP contribution in [0.3, 0.4) is 0 Å². The molecule has 0 aliphatic rings. The largest absolute Gasteiger partial charge is 0.373 e. The van der Waals surface area contributed by atoms with Crippen molar-refractivity contribution in [1.82, 2.24) is 5.32 Å². The van der Waals surface area contributed by atoms with Crippen molar-refractivity contribution in [2.75, 3.05) is 5.32 Å². The molecule has 0 aliphatic heterocycles. The molecule has 1 aromatic rings. The first-order chi connectivity index (χ1) is 8.82. The van der Waals surface area contributed by atoms with Crippen LogP contribution in [0.25, 0.3) is 0 Å². The lowest BCUT2D eigenvalue weighted by molar-refractivity contribution is -0.385. The molecule has 0 spiro atoms. The van der Waals surface area contributed by atoms with E-state index in [9.17, 15) is 14.9 Å². The van der Waals surface area contributed by atoms with Gasteiger partial charge in [-0.1, -0.05) is 6.07 Å². The van der Waals surface area contributed by atoms with Crippen LogP contribution < -0.4 is 10.6 Å². The van der Waals surface area contributed by atoms with Crippen LogP contribution in [-0.4, -0.2) is 22.9 Å². The summed E-state index contributed by atoms with van der Waals surface area (Å²) in [6, 6.07) is 4.37. The Labute approximate surface area is 112 Å². The van der Waals surface area contributed by atoms with Gasteiger partial charge in [-0.3, -0.25) is 14.9 Å². The molecule has 0 bridgehead atoms. The summed E-state index contributed by atoms with van der Waals surface area (Å²) in [5.74, 6) is -0.138. The van der Waals surface area contributed by atoms with Gasteiger partial charge in [0.05, 0.1) is 4.92 Å². The van der Waals surface area contributed by atoms with E-state index in [1.165, 1.54) is 6.07 Å². The molecule has 1 unspecified atom stereocenters. The fourth-order valence-electron chi connectivity index (χ4n) is 1.69. The van der Waals surface area contributed by atoms with Gasteiger partial charge in [0, 0.05) is 23.4 Å². The lowest BCUT2D eigenvalue weighted by Crippen LogP contribution is -2.41. The van der Waals surface area contributed by atoms with Crippen molar-refractivity contribution in [3.05, 3.63) is 33.9 Å². The number of anilines is 1. The van der Waals surface area contributed by atoms with E-state index < -0.39 is 11.0 Å². The van der Waals surface area contributed by atoms with Gasteiger partial charge in [-0.2, -0.15) is 0 Å². The number of carbonyl (C=O) groups excluding carboxylic acids is 1. The predicted octanol–water partition coefficient (Wildman–Crippen LogP) is 2.23. The average molecular weight is 265 g/mol. The average Bonchev–Trinajstić information content (AvgIpc) is 2.30. The Balaban J connectivity index is 2.85. The SMILES string of the molecule is Cc1c(NC(C)C(=O)NC(C)C)cccc1[N+](=O)[O-]. The van der Waals surface area contributed by atoms with E-state index >= 15 is 0 Å². The Hall–Kier alpha value is -2.11. The molecule has 1 atom stereocenters. The second-order valence-electron chi connectivity index (χ2n) is 4.74. The molecule has 6 nitrogen and oxygen atoms in total. The van der Waals surface area contributed by atoms with Crippen molar-refractivity contribution < 1.29 is 9.72 Å². The van der Waals surface area contributed by atoms with Crippen LogP contribution in [0.4, 0.5) is 11.4 Å². The summed E-state index contributed by atoms with van der Waals surface area (Å²) in [4.78, 5) is 22.2. The van der Waals surface area contributed by atoms with Gasteiger partial charge < -0.3 is 10.6 Å². The van der Waals surface area contributed by atoms with Crippen molar-refractivity contribution in [2.45, 2.75) is 39.8 Å². The number of nitro groups is 1. The van der Waals surface area contributed by atoms with Gasteiger partial charge in [-0.05, 0) is 33.8 Å². The van der Waals surface area contributed by atoms with Crippen molar-refractivity contribution in [2.24, 2.45) is 0 Å². The second-order valence-corrected chi connectivity index (χ2v) is 4.74. The third-order valence-electron chi connectivity index (χ3n) is 2.70. The number of nitrogens with one attached hydrogen (secondary N) is 2. The third-order valence-corrected chi connectivity index (χ3v) is 2.70. The topological polar surface area (TPSA) is 84.3 Å². The Bertz CT molecular complexity index is 486. The van der Waals surface area contributed by atoms with Gasteiger partial charge in [0.2, 0.25) is 5.91 Å². The minimum absolute atomic E-state index is 0.0430. The maximum Gasteiger partial charge on any atom is 0.274 e. The summed E-state index contributed by atoms with van der Waals surface area (Å²) >= 11 is 0. The summed E-state index contributed by atoms with van der Waals surface area (Å²) < 4.78 is 0. The zero-order valence-electron chi connectivity index (χ0n) is 11.6. The van der Waals surface area contributed by atoms with E-state index in [1.807, 2.05) is 13.8 Å². The van der Waals surface area contributed by atoms with Crippen molar-refractivity contribution in [3.8, 4) is 0 Å². The third kappa shape index (κ3) is 3.94. The van der Waals surface area contributed by atoms with Crippen LogP contribution in [-0.2, 0) is 4.79 Å². The summed E-state index contributed by atoms with van der Waals surface area (Å²) in [5, 5.41) is 16.6. The molecule has 0 saturated heterocycles. The molecule has 0 heterocycles. The number of nitro benzene ring substituents is 1. The maximum absolute atomic E-state index is 11.8. The van der Waals surface area contributed by atoms with Crippen molar-refractivity contribution in [1.29, 1.82) is 0 Å². The van der Waals surface area contributed by atoms with Crippen molar-refractivity contribution in [3.63, 3.8) is 0 Å². The number of amides is 1. The second kappa shape index (κ2) is 6.17. The van der Waals surface area contributed by atoms with Crippen LogP contribution in [0.2, 0.25) is 0 Å². The number of carbonyl (C=O) groups is 1. The highest BCUT2D eigenvalue weighted by atomic mass is 16.6. The predicted molar refractivity (Wildman–Crippen MR) is 74.2 cm³/mol. The monoisotopic (exact) mass is 265 g/mol. The first-order valence-corrected chi connectivity index (χ1v) is 6.13. The summed E-state index contributed by atoms with van der Waals surface area (Å²) in [7, 11) is 0. The Morgan fingerprint density at radius 2 is 1.95 bits per heavy atom. The molecular weight excluding hydrogens is 246 g/mol. The van der Waals surface area contributed by atoms with Crippen LogP contribution in [0.15, 0.2) is 18.2 Å². The van der Waals surface area contributed by atoms with E-state index in [0.717, 1.165) is 0 Å². The first-order valence-electron chi connectivity index (χ1n) is 6.13. The van der Waals surface area contributed by atoms with Crippen LogP contribution in [0.5, 0.6) is 0 Å². The highest BCUT2D eigenvalue weighted by Crippen LogP contribution is 2.25. The zero-order valence-corrected chi connectivity index (χ0v) is 11.6. The molecule has 2 N–H and O–H groups in total. The van der Waals surface area contributed by atoms with Gasteiger partial charge in [0.15, 0.2) is 0 Å². The Morgan fingerprint density at radius 3 is 2.47 bits per heavy atom. The highest BCUT2D eigenvalue weighted by Gasteiger charge is 2.17. The molecule has 1 rings (SSSR count). The van der Waals surface area contributed by atoms with E-state index in [2.05, 4.69) is 10.6 Å². The standard InChI is InChI=1S/C13H19N3O3/c1-8(2)14-13(17)10(4)15-11-6-5-7-12(9(11)3)16(18)19/h5-8,10,15H,1-4H3,(H,14,17). The molecule has 19 heavy (non-hydrogen) atoms. The fraction of sp³-hybridized carbons (Fsp3) is 0.462. The lowest BCUT2D eigenvalue weighted by atomic mass is 10.1. The number of hydrogen-bond donors (Lipinski definition) is 2. The summed E-state index contributed by atoms with van der Waals surface area (Å²) in [6.07, 6.45) is 0. The van der Waals surface area contributed by atoms with Crippen LogP contribution in [0, 0.1) is 17.0 Å². The molecule has 0 aromatic heterocycles. The van der Waals surface area contributed by atoms with E-state index in [4.69, 9.17) is 0 Å². The summed E-state index contributed by atoms with van der Waals surface area (Å²) in [5.41, 5.74) is 1.17. The number of hydrogen-bond acceptors (Lipinski definition) is 4. The minimum atomic E-state index is -0.455. The van der Waals surface area contributed by atoms with Gasteiger partial charge in [0.25, 0.3) is 5.69 Å². The molecule has 0 fully saturated rings. The van der Waals surface area contributed by atoms with Crippen LogP contribution >= 0.6 is 0 Å². The van der Waals surface area contributed by atoms with E-state index in [-0.39, 0.29) is 17.6 Å². The highest BCUT2D eigenvalue weighted by molar-refractivity contribution is 5.84. The molecule has 6 heteroatoms.